The Morgan fingerprint density at radius 1 is 1.40 bits per heavy atom. The van der Waals surface area contributed by atoms with E-state index in [4.69, 9.17) is 4.74 Å². The van der Waals surface area contributed by atoms with E-state index in [0.717, 1.165) is 32.8 Å². The lowest BCUT2D eigenvalue weighted by Gasteiger charge is -2.40. The van der Waals surface area contributed by atoms with Crippen LogP contribution >= 0.6 is 0 Å². The van der Waals surface area contributed by atoms with Crippen molar-refractivity contribution in [2.45, 2.75) is 45.8 Å². The zero-order valence-corrected chi connectivity index (χ0v) is 10.7. The number of hydrogen-bond acceptors (Lipinski definition) is 3. The summed E-state index contributed by atoms with van der Waals surface area (Å²) in [7, 11) is 0. The van der Waals surface area contributed by atoms with Gasteiger partial charge in [-0.25, -0.2) is 0 Å². The number of ether oxygens (including phenoxy) is 1. The maximum Gasteiger partial charge on any atom is 0.0902 e. The van der Waals surface area contributed by atoms with Crippen LogP contribution in [0.3, 0.4) is 0 Å². The topological polar surface area (TPSA) is 24.5 Å². The molecule has 0 saturated carbocycles. The number of nitrogens with zero attached hydrogens (tertiary/aromatic N) is 1. The first kappa shape index (κ1) is 12.9. The lowest BCUT2D eigenvalue weighted by molar-refractivity contribution is -0.0738. The van der Waals surface area contributed by atoms with E-state index in [1.165, 1.54) is 6.42 Å². The Morgan fingerprint density at radius 2 is 2.07 bits per heavy atom. The molecule has 0 bridgehead atoms. The zero-order valence-electron chi connectivity index (χ0n) is 10.7. The lowest BCUT2D eigenvalue weighted by Crippen LogP contribution is -2.59. The Kier molecular flexibility index (Phi) is 5.03. The van der Waals surface area contributed by atoms with Crippen LogP contribution in [0.15, 0.2) is 0 Å². The summed E-state index contributed by atoms with van der Waals surface area (Å²) in [5.74, 6) is 0. The summed E-state index contributed by atoms with van der Waals surface area (Å²) in [6, 6.07) is 0.672. The minimum atomic E-state index is 0.106. The molecule has 0 aromatic heterocycles. The van der Waals surface area contributed by atoms with Gasteiger partial charge in [-0.15, -0.1) is 0 Å². The molecule has 1 aliphatic heterocycles. The number of nitrogens with one attached hydrogen (secondary N) is 1. The first-order valence-electron chi connectivity index (χ1n) is 6.20. The third kappa shape index (κ3) is 3.74. The van der Waals surface area contributed by atoms with Crippen LogP contribution in [0.1, 0.15) is 34.1 Å². The Morgan fingerprint density at radius 3 is 2.47 bits per heavy atom. The van der Waals surface area contributed by atoms with Crippen LogP contribution in [0.25, 0.3) is 0 Å². The average Bonchev–Trinajstić information content (AvgIpc) is 2.21. The second kappa shape index (κ2) is 5.83. The van der Waals surface area contributed by atoms with Crippen LogP contribution in [0.5, 0.6) is 0 Å². The molecule has 15 heavy (non-hydrogen) atoms. The highest BCUT2D eigenvalue weighted by atomic mass is 16.5. The third-order valence-corrected chi connectivity index (χ3v) is 3.45. The Balaban J connectivity index is 2.16. The van der Waals surface area contributed by atoms with Crippen molar-refractivity contribution in [1.82, 2.24) is 10.2 Å². The molecule has 1 N–H and O–H groups in total. The van der Waals surface area contributed by atoms with Gasteiger partial charge in [-0.1, -0.05) is 13.8 Å². The maximum absolute atomic E-state index is 5.89. The predicted octanol–water partition coefficient (Wildman–Crippen LogP) is 1.49. The minimum absolute atomic E-state index is 0.106. The van der Waals surface area contributed by atoms with Crippen LogP contribution in [0, 0.1) is 0 Å². The van der Waals surface area contributed by atoms with Crippen LogP contribution < -0.4 is 5.32 Å². The van der Waals surface area contributed by atoms with Crippen LogP contribution in [-0.2, 0) is 4.74 Å². The molecule has 1 fully saturated rings. The van der Waals surface area contributed by atoms with Gasteiger partial charge in [-0.3, -0.25) is 4.90 Å². The summed E-state index contributed by atoms with van der Waals surface area (Å²) < 4.78 is 5.89. The Hall–Kier alpha value is -0.120. The average molecular weight is 214 g/mol. The van der Waals surface area contributed by atoms with Crippen molar-refractivity contribution in [3.63, 3.8) is 0 Å². The van der Waals surface area contributed by atoms with Crippen molar-refractivity contribution < 1.29 is 4.74 Å². The fourth-order valence-corrected chi connectivity index (χ4v) is 1.94. The van der Waals surface area contributed by atoms with Gasteiger partial charge in [0.2, 0.25) is 0 Å². The molecule has 0 aliphatic carbocycles. The van der Waals surface area contributed by atoms with Crippen molar-refractivity contribution in [3.8, 4) is 0 Å². The number of rotatable bonds is 7. The lowest BCUT2D eigenvalue weighted by atomic mass is 10.0. The second-order valence-corrected chi connectivity index (χ2v) is 4.79. The van der Waals surface area contributed by atoms with E-state index < -0.39 is 0 Å². The van der Waals surface area contributed by atoms with E-state index in [9.17, 15) is 0 Å². The summed E-state index contributed by atoms with van der Waals surface area (Å²) in [4.78, 5) is 2.48. The van der Waals surface area contributed by atoms with Crippen molar-refractivity contribution in [2.24, 2.45) is 0 Å². The molecule has 1 heterocycles. The second-order valence-electron chi connectivity index (χ2n) is 4.79. The molecule has 1 saturated heterocycles. The molecule has 1 unspecified atom stereocenters. The van der Waals surface area contributed by atoms with E-state index in [0.29, 0.717) is 6.04 Å². The van der Waals surface area contributed by atoms with Gasteiger partial charge in [-0.05, 0) is 26.8 Å². The highest BCUT2D eigenvalue weighted by Crippen LogP contribution is 2.15. The van der Waals surface area contributed by atoms with Gasteiger partial charge >= 0.3 is 0 Å². The number of likely N-dealkylation sites (N-methyl/N-ethyl adjacent to an activating group) is 1. The van der Waals surface area contributed by atoms with Crippen molar-refractivity contribution in [1.29, 1.82) is 0 Å². The largest absolute Gasteiger partial charge is 0.371 e. The fraction of sp³-hybridized carbons (Fsp3) is 1.00. The van der Waals surface area contributed by atoms with Gasteiger partial charge in [0, 0.05) is 25.7 Å². The van der Waals surface area contributed by atoms with Gasteiger partial charge < -0.3 is 10.1 Å². The molecule has 1 aliphatic rings. The summed E-state index contributed by atoms with van der Waals surface area (Å²) in [6.07, 6.45) is 1.21. The van der Waals surface area contributed by atoms with E-state index in [2.05, 4.69) is 37.9 Å². The van der Waals surface area contributed by atoms with E-state index >= 15 is 0 Å². The SMILES string of the molecule is CCC(C)N(CC)CCOC1(C)CNC1. The fourth-order valence-electron chi connectivity index (χ4n) is 1.94. The summed E-state index contributed by atoms with van der Waals surface area (Å²) in [6.45, 7) is 14.0. The molecule has 3 nitrogen and oxygen atoms in total. The highest BCUT2D eigenvalue weighted by Gasteiger charge is 2.32. The number of hydrogen-bond donors (Lipinski definition) is 1. The maximum atomic E-state index is 5.89. The molecule has 0 aromatic carbocycles. The molecule has 3 heteroatoms. The van der Waals surface area contributed by atoms with Crippen LogP contribution in [0.4, 0.5) is 0 Å². The van der Waals surface area contributed by atoms with E-state index in [1.807, 2.05) is 0 Å². The molecule has 0 amide bonds. The van der Waals surface area contributed by atoms with Crippen molar-refractivity contribution in [2.75, 3.05) is 32.8 Å². The summed E-state index contributed by atoms with van der Waals surface area (Å²) in [5.41, 5.74) is 0.106. The van der Waals surface area contributed by atoms with Gasteiger partial charge in [0.1, 0.15) is 0 Å². The monoisotopic (exact) mass is 214 g/mol. The standard InChI is InChI=1S/C12H26N2O/c1-5-11(3)14(6-2)7-8-15-12(4)9-13-10-12/h11,13H,5-10H2,1-4H3. The molecular weight excluding hydrogens is 188 g/mol. The Labute approximate surface area is 94.2 Å². The van der Waals surface area contributed by atoms with Gasteiger partial charge in [0.25, 0.3) is 0 Å². The first-order valence-corrected chi connectivity index (χ1v) is 6.20. The molecule has 0 spiro atoms. The Bertz CT molecular complexity index is 180. The quantitative estimate of drug-likeness (QED) is 0.695. The molecule has 0 aromatic rings. The van der Waals surface area contributed by atoms with E-state index in [1.54, 1.807) is 0 Å². The smallest absolute Gasteiger partial charge is 0.0902 e. The molecule has 90 valence electrons. The molecule has 1 atom stereocenters. The van der Waals surface area contributed by atoms with Crippen molar-refractivity contribution in [3.05, 3.63) is 0 Å². The van der Waals surface area contributed by atoms with E-state index in [-0.39, 0.29) is 5.60 Å². The summed E-state index contributed by atoms with van der Waals surface area (Å²) >= 11 is 0. The normalized spacial score (nSPS) is 21.4. The predicted molar refractivity (Wildman–Crippen MR) is 64.2 cm³/mol. The van der Waals surface area contributed by atoms with Gasteiger partial charge in [0.15, 0.2) is 0 Å². The highest BCUT2D eigenvalue weighted by molar-refractivity contribution is 4.90. The molecule has 0 radical (unpaired) electrons. The molecular formula is C12H26N2O. The summed E-state index contributed by atoms with van der Waals surface area (Å²) in [5, 5.41) is 3.25. The van der Waals surface area contributed by atoms with Gasteiger partial charge in [-0.2, -0.15) is 0 Å². The first-order chi connectivity index (χ1) is 7.11. The zero-order chi connectivity index (χ0) is 11.3. The minimum Gasteiger partial charge on any atom is -0.371 e. The van der Waals surface area contributed by atoms with Crippen molar-refractivity contribution >= 4 is 0 Å². The third-order valence-electron chi connectivity index (χ3n) is 3.45. The van der Waals surface area contributed by atoms with Crippen LogP contribution in [-0.4, -0.2) is 49.3 Å². The van der Waals surface area contributed by atoms with Crippen LogP contribution in [0.2, 0.25) is 0 Å². The molecule has 1 rings (SSSR count). The van der Waals surface area contributed by atoms with Gasteiger partial charge in [0.05, 0.1) is 12.2 Å².